The maximum Gasteiger partial charge on any atom is 0.293 e. The van der Waals surface area contributed by atoms with Crippen LogP contribution in [0.3, 0.4) is 0 Å². The fraction of sp³-hybridized carbons (Fsp3) is 0.833. The minimum Gasteiger partial charge on any atom is -0.393 e. The van der Waals surface area contributed by atoms with E-state index in [4.69, 9.17) is 0 Å². The van der Waals surface area contributed by atoms with Crippen LogP contribution in [0.15, 0.2) is 24.3 Å². The molecule has 0 aromatic carbocycles. The van der Waals surface area contributed by atoms with Gasteiger partial charge in [0.05, 0.1) is 18.3 Å². The molecule has 12 atom stereocenters. The monoisotopic (exact) mass is 565 g/mol. The normalized spacial score (nSPS) is 48.1. The average molecular weight is 566 g/mol. The Morgan fingerprint density at radius 1 is 1.05 bits per heavy atom. The molecule has 2 unspecified atom stereocenters. The second kappa shape index (κ2) is 10.2. The van der Waals surface area contributed by atoms with Crippen LogP contribution in [0.5, 0.6) is 0 Å². The molecule has 0 bridgehead atoms. The van der Waals surface area contributed by atoms with Crippen molar-refractivity contribution in [3.63, 3.8) is 0 Å². The molecule has 1 amide bonds. The van der Waals surface area contributed by atoms with Crippen molar-refractivity contribution in [2.75, 3.05) is 0 Å². The second-order valence-electron chi connectivity index (χ2n) is 13.9. The number of nitrogens with one attached hydrogen (secondary N) is 1. The van der Waals surface area contributed by atoms with Gasteiger partial charge in [0.15, 0.2) is 4.87 Å². The van der Waals surface area contributed by atoms with Crippen LogP contribution in [0.4, 0.5) is 0 Å². The Bertz CT molecular complexity index is 1120. The lowest BCUT2D eigenvalue weighted by molar-refractivity contribution is -0.207. The van der Waals surface area contributed by atoms with E-state index < -0.39 is 33.1 Å². The van der Waals surface area contributed by atoms with Gasteiger partial charge in [0.25, 0.3) is 10.1 Å². The summed E-state index contributed by atoms with van der Waals surface area (Å²) >= 11 is 0. The molecule has 0 aliphatic heterocycles. The van der Waals surface area contributed by atoms with Gasteiger partial charge in [0.2, 0.25) is 5.91 Å². The van der Waals surface area contributed by atoms with Gasteiger partial charge in [-0.1, -0.05) is 39.0 Å². The van der Waals surface area contributed by atoms with Crippen LogP contribution in [0.1, 0.15) is 85.0 Å². The number of carbonyl (C=O) groups excluding carboxylic acids is 1. The van der Waals surface area contributed by atoms with E-state index in [0.717, 1.165) is 38.5 Å². The number of aliphatic hydroxyl groups is 3. The zero-order valence-corrected chi connectivity index (χ0v) is 24.3. The summed E-state index contributed by atoms with van der Waals surface area (Å²) in [6, 6.07) is 0. The van der Waals surface area contributed by atoms with E-state index in [-0.39, 0.29) is 65.3 Å². The van der Waals surface area contributed by atoms with Crippen LogP contribution < -0.4 is 5.32 Å². The summed E-state index contributed by atoms with van der Waals surface area (Å²) in [7, 11) is -4.54. The molecule has 5 aliphatic rings. The van der Waals surface area contributed by atoms with Gasteiger partial charge in [0.1, 0.15) is 0 Å². The van der Waals surface area contributed by atoms with Gasteiger partial charge in [0, 0.05) is 12.8 Å². The van der Waals surface area contributed by atoms with Gasteiger partial charge in [-0.3, -0.25) is 9.35 Å². The quantitative estimate of drug-likeness (QED) is 0.310. The minimum atomic E-state index is -4.54. The van der Waals surface area contributed by atoms with E-state index in [0.29, 0.717) is 12.8 Å². The second-order valence-corrected chi connectivity index (χ2v) is 15.6. The maximum atomic E-state index is 12.9. The zero-order chi connectivity index (χ0) is 28.4. The summed E-state index contributed by atoms with van der Waals surface area (Å²) in [5.74, 6) is 0.736. The summed E-state index contributed by atoms with van der Waals surface area (Å²) < 4.78 is 34.0. The van der Waals surface area contributed by atoms with E-state index in [1.807, 2.05) is 0 Å². The van der Waals surface area contributed by atoms with Gasteiger partial charge >= 0.3 is 0 Å². The number of rotatable bonds is 6. The molecule has 39 heavy (non-hydrogen) atoms. The highest BCUT2D eigenvalue weighted by atomic mass is 32.2. The van der Waals surface area contributed by atoms with E-state index in [1.54, 1.807) is 12.2 Å². The zero-order valence-electron chi connectivity index (χ0n) is 23.5. The lowest BCUT2D eigenvalue weighted by Gasteiger charge is -2.63. The van der Waals surface area contributed by atoms with Gasteiger partial charge in [-0.25, -0.2) is 0 Å². The van der Waals surface area contributed by atoms with Crippen molar-refractivity contribution < 1.29 is 33.1 Å². The first-order valence-electron chi connectivity index (χ1n) is 14.9. The van der Waals surface area contributed by atoms with E-state index >= 15 is 0 Å². The molecule has 5 aliphatic carbocycles. The maximum absolute atomic E-state index is 12.9. The summed E-state index contributed by atoms with van der Waals surface area (Å²) in [6.45, 7) is 6.63. The van der Waals surface area contributed by atoms with Crippen LogP contribution in [-0.2, 0) is 14.9 Å². The highest BCUT2D eigenvalue weighted by Crippen LogP contribution is 2.68. The molecule has 0 radical (unpaired) electrons. The van der Waals surface area contributed by atoms with Crippen LogP contribution >= 0.6 is 0 Å². The van der Waals surface area contributed by atoms with Crippen molar-refractivity contribution in [2.24, 2.45) is 46.3 Å². The number of allylic oxidation sites excluding steroid dienone is 2. The molecule has 0 heterocycles. The smallest absolute Gasteiger partial charge is 0.293 e. The van der Waals surface area contributed by atoms with Crippen molar-refractivity contribution in [1.82, 2.24) is 5.32 Å². The molecule has 0 saturated heterocycles. The predicted octanol–water partition coefficient (Wildman–Crippen LogP) is 3.58. The Hall–Kier alpha value is -1.26. The van der Waals surface area contributed by atoms with Crippen molar-refractivity contribution in [1.29, 1.82) is 0 Å². The van der Waals surface area contributed by atoms with Crippen LogP contribution in [0.25, 0.3) is 0 Å². The summed E-state index contributed by atoms with van der Waals surface area (Å²) in [4.78, 5) is 11.1. The standard InChI is InChI=1S/C30H47NO7S/c1-18(7-10-26(35)31-30(39(36,37)38)12-5-4-6-13-30)21-8-9-22-27-23(17-25(34)29(21,22)3)28(2)14-11-20(32)15-19(28)16-24(27)33/h4-6,12,18-25,27,32-34H,7-11,13-17H2,1-3H3,(H,31,35)(H,36,37,38)/t18?,19-,20+,21+,22-,23-,24+,25-,27-,28-,29+,30?/m0/s1. The molecule has 4 fully saturated rings. The molecule has 0 aromatic rings. The topological polar surface area (TPSA) is 144 Å². The van der Waals surface area contributed by atoms with Gasteiger partial charge in [-0.15, -0.1) is 0 Å². The molecule has 0 spiro atoms. The predicted molar refractivity (Wildman–Crippen MR) is 148 cm³/mol. The van der Waals surface area contributed by atoms with Crippen molar-refractivity contribution >= 4 is 16.0 Å². The van der Waals surface area contributed by atoms with Gasteiger partial charge < -0.3 is 20.6 Å². The third-order valence-corrected chi connectivity index (χ3v) is 13.5. The van der Waals surface area contributed by atoms with E-state index in [9.17, 15) is 33.1 Å². The first kappa shape index (κ1) is 29.2. The molecule has 4 saturated carbocycles. The number of hydrogen-bond acceptors (Lipinski definition) is 6. The Labute approximate surface area is 233 Å². The van der Waals surface area contributed by atoms with Crippen molar-refractivity contribution in [3.05, 3.63) is 24.3 Å². The van der Waals surface area contributed by atoms with Crippen LogP contribution in [-0.4, -0.2) is 57.4 Å². The lowest BCUT2D eigenvalue weighted by Crippen LogP contribution is -2.62. The Kier molecular flexibility index (Phi) is 7.67. The fourth-order valence-corrected chi connectivity index (χ4v) is 10.7. The Morgan fingerprint density at radius 3 is 2.46 bits per heavy atom. The number of aliphatic hydroxyl groups excluding tert-OH is 3. The van der Waals surface area contributed by atoms with Crippen LogP contribution in [0, 0.1) is 46.3 Å². The summed E-state index contributed by atoms with van der Waals surface area (Å²) in [6.07, 6.45) is 11.2. The highest BCUT2D eigenvalue weighted by molar-refractivity contribution is 7.87. The largest absolute Gasteiger partial charge is 0.393 e. The van der Waals surface area contributed by atoms with Crippen LogP contribution in [0.2, 0.25) is 0 Å². The third kappa shape index (κ3) is 4.74. The average Bonchev–Trinajstić information content (AvgIpc) is 3.23. The number of fused-ring (bicyclic) bond motifs is 5. The lowest BCUT2D eigenvalue weighted by atomic mass is 9.43. The summed E-state index contributed by atoms with van der Waals surface area (Å²) in [5, 5.41) is 36.0. The number of carbonyl (C=O) groups is 1. The highest BCUT2D eigenvalue weighted by Gasteiger charge is 2.65. The molecule has 220 valence electrons. The fourth-order valence-electron chi connectivity index (χ4n) is 9.94. The van der Waals surface area contributed by atoms with E-state index in [2.05, 4.69) is 26.1 Å². The van der Waals surface area contributed by atoms with Crippen molar-refractivity contribution in [2.45, 2.75) is 108 Å². The molecule has 0 aromatic heterocycles. The summed E-state index contributed by atoms with van der Waals surface area (Å²) in [5.41, 5.74) is -0.332. The van der Waals surface area contributed by atoms with Gasteiger partial charge in [-0.2, -0.15) is 8.42 Å². The minimum absolute atomic E-state index is 0.0260. The third-order valence-electron chi connectivity index (χ3n) is 12.2. The molecule has 5 rings (SSSR count). The molecule has 5 N–H and O–H groups in total. The molecular formula is C30H47NO7S. The number of hydrogen-bond donors (Lipinski definition) is 5. The Morgan fingerprint density at radius 2 is 1.79 bits per heavy atom. The number of amides is 1. The first-order valence-corrected chi connectivity index (χ1v) is 16.3. The SMILES string of the molecule is CC(CCC(=O)NC1(S(=O)(=O)O)C=CC=CC1)[C@H]1CC[C@H]2[C@@H]3[C@H](O)C[C@@H]4C[C@H](O)CC[C@]4(C)[C@H]3C[C@H](O)[C@]12C. The molecular weight excluding hydrogens is 518 g/mol. The van der Waals surface area contributed by atoms with Gasteiger partial charge in [-0.05, 0) is 104 Å². The van der Waals surface area contributed by atoms with E-state index in [1.165, 1.54) is 12.2 Å². The molecule has 8 nitrogen and oxygen atoms in total. The first-order chi connectivity index (χ1) is 18.2. The Balaban J connectivity index is 1.28. The molecule has 9 heteroatoms. The van der Waals surface area contributed by atoms with Crippen molar-refractivity contribution in [3.8, 4) is 0 Å².